The van der Waals surface area contributed by atoms with Crippen LogP contribution in [0, 0.1) is 0 Å². The molecule has 1 atom stereocenters. The molecular formula is C17H25BN2O3. The number of amides is 1. The standard InChI is InChI=1S/C17H25BN2O3/c1-16(2)17(3,4)23-18(22-16)13-7-5-6-12(10-13)15(21)20-9-8-14(19)11-20/h5-7,10,14H,8-9,11,19H2,1-4H3. The summed E-state index contributed by atoms with van der Waals surface area (Å²) in [7, 11) is -0.450. The summed E-state index contributed by atoms with van der Waals surface area (Å²) >= 11 is 0. The summed E-state index contributed by atoms with van der Waals surface area (Å²) in [6.45, 7) is 9.43. The number of rotatable bonds is 2. The lowest BCUT2D eigenvalue weighted by Gasteiger charge is -2.32. The minimum Gasteiger partial charge on any atom is -0.399 e. The quantitative estimate of drug-likeness (QED) is 0.832. The first-order valence-electron chi connectivity index (χ1n) is 8.20. The van der Waals surface area contributed by atoms with Crippen LogP contribution in [0.5, 0.6) is 0 Å². The van der Waals surface area contributed by atoms with Crippen LogP contribution < -0.4 is 11.2 Å². The number of hydrogen-bond acceptors (Lipinski definition) is 4. The third kappa shape index (κ3) is 3.03. The van der Waals surface area contributed by atoms with Crippen molar-refractivity contribution in [3.63, 3.8) is 0 Å². The fourth-order valence-electron chi connectivity index (χ4n) is 2.95. The van der Waals surface area contributed by atoms with Gasteiger partial charge in [-0.05, 0) is 51.7 Å². The van der Waals surface area contributed by atoms with Gasteiger partial charge in [0.05, 0.1) is 11.2 Å². The van der Waals surface area contributed by atoms with Crippen LogP contribution in [0.15, 0.2) is 24.3 Å². The summed E-state index contributed by atoms with van der Waals surface area (Å²) in [5.74, 6) is 0.0244. The van der Waals surface area contributed by atoms with E-state index in [9.17, 15) is 4.79 Å². The highest BCUT2D eigenvalue weighted by Gasteiger charge is 2.51. The molecule has 1 aromatic carbocycles. The van der Waals surface area contributed by atoms with Crippen molar-refractivity contribution in [2.45, 2.75) is 51.4 Å². The monoisotopic (exact) mass is 316 g/mol. The summed E-state index contributed by atoms with van der Waals surface area (Å²) < 4.78 is 12.1. The van der Waals surface area contributed by atoms with Crippen molar-refractivity contribution in [1.82, 2.24) is 4.90 Å². The summed E-state index contributed by atoms with van der Waals surface area (Å²) in [6, 6.07) is 7.61. The Morgan fingerprint density at radius 1 is 1.26 bits per heavy atom. The van der Waals surface area contributed by atoms with Gasteiger partial charge in [0, 0.05) is 24.7 Å². The predicted octanol–water partition coefficient (Wildman–Crippen LogP) is 1.16. The van der Waals surface area contributed by atoms with Crippen LogP contribution >= 0.6 is 0 Å². The van der Waals surface area contributed by atoms with Gasteiger partial charge in [-0.2, -0.15) is 0 Å². The summed E-state index contributed by atoms with van der Waals surface area (Å²) in [4.78, 5) is 14.4. The molecule has 0 spiro atoms. The van der Waals surface area contributed by atoms with Gasteiger partial charge < -0.3 is 19.9 Å². The van der Waals surface area contributed by atoms with Gasteiger partial charge in [-0.3, -0.25) is 4.79 Å². The van der Waals surface area contributed by atoms with E-state index < -0.39 is 7.12 Å². The number of hydrogen-bond donors (Lipinski definition) is 1. The van der Waals surface area contributed by atoms with Crippen LogP contribution in [0.2, 0.25) is 0 Å². The number of likely N-dealkylation sites (tertiary alicyclic amines) is 1. The molecule has 0 aromatic heterocycles. The molecule has 2 aliphatic heterocycles. The molecule has 0 aliphatic carbocycles. The molecule has 0 saturated carbocycles. The average molecular weight is 316 g/mol. The van der Waals surface area contributed by atoms with E-state index in [2.05, 4.69) is 0 Å². The molecule has 124 valence electrons. The molecule has 5 nitrogen and oxygen atoms in total. The molecule has 2 aliphatic rings. The van der Waals surface area contributed by atoms with E-state index in [0.29, 0.717) is 12.1 Å². The lowest BCUT2D eigenvalue weighted by atomic mass is 9.78. The van der Waals surface area contributed by atoms with Crippen LogP contribution in [0.4, 0.5) is 0 Å². The number of carbonyl (C=O) groups excluding carboxylic acids is 1. The molecule has 6 heteroatoms. The first-order chi connectivity index (χ1) is 10.7. The van der Waals surface area contributed by atoms with Crippen molar-refractivity contribution in [3.05, 3.63) is 29.8 Å². The Bertz CT molecular complexity index is 602. The Hall–Kier alpha value is -1.37. The largest absolute Gasteiger partial charge is 0.494 e. The Kier molecular flexibility index (Phi) is 4.03. The van der Waals surface area contributed by atoms with Crippen molar-refractivity contribution in [1.29, 1.82) is 0 Å². The molecule has 2 N–H and O–H groups in total. The molecule has 3 rings (SSSR count). The molecule has 1 aromatic rings. The SMILES string of the molecule is CC1(C)OB(c2cccc(C(=O)N3CCC(N)C3)c2)OC1(C)C. The fraction of sp³-hybridized carbons (Fsp3) is 0.588. The van der Waals surface area contributed by atoms with Crippen LogP contribution in [-0.2, 0) is 9.31 Å². The number of nitrogens with zero attached hydrogens (tertiary/aromatic N) is 1. The summed E-state index contributed by atoms with van der Waals surface area (Å²) in [6.07, 6.45) is 0.864. The maximum atomic E-state index is 12.6. The highest BCUT2D eigenvalue weighted by molar-refractivity contribution is 6.62. The first-order valence-corrected chi connectivity index (χ1v) is 8.20. The van der Waals surface area contributed by atoms with Crippen molar-refractivity contribution in [2.75, 3.05) is 13.1 Å². The zero-order valence-electron chi connectivity index (χ0n) is 14.3. The Morgan fingerprint density at radius 3 is 2.48 bits per heavy atom. The lowest BCUT2D eigenvalue weighted by Crippen LogP contribution is -2.41. The van der Waals surface area contributed by atoms with E-state index in [1.165, 1.54) is 0 Å². The highest BCUT2D eigenvalue weighted by atomic mass is 16.7. The second kappa shape index (κ2) is 5.62. The maximum Gasteiger partial charge on any atom is 0.494 e. The minimum atomic E-state index is -0.450. The van der Waals surface area contributed by atoms with E-state index in [1.54, 1.807) is 0 Å². The second-order valence-corrected chi connectivity index (χ2v) is 7.51. The third-order valence-corrected chi connectivity index (χ3v) is 5.17. The van der Waals surface area contributed by atoms with Crippen molar-refractivity contribution in [3.8, 4) is 0 Å². The topological polar surface area (TPSA) is 64.8 Å². The molecule has 1 unspecified atom stereocenters. The zero-order valence-corrected chi connectivity index (χ0v) is 14.3. The van der Waals surface area contributed by atoms with Gasteiger partial charge in [0.15, 0.2) is 0 Å². The van der Waals surface area contributed by atoms with E-state index in [-0.39, 0.29) is 23.2 Å². The normalized spacial score (nSPS) is 25.9. The Balaban J connectivity index is 1.80. The van der Waals surface area contributed by atoms with Gasteiger partial charge in [-0.15, -0.1) is 0 Å². The fourth-order valence-corrected chi connectivity index (χ4v) is 2.95. The molecule has 2 fully saturated rings. The molecule has 0 bridgehead atoms. The highest BCUT2D eigenvalue weighted by Crippen LogP contribution is 2.36. The summed E-state index contributed by atoms with van der Waals surface area (Å²) in [5, 5.41) is 0. The smallest absolute Gasteiger partial charge is 0.399 e. The summed E-state index contributed by atoms with van der Waals surface area (Å²) in [5.41, 5.74) is 6.65. The third-order valence-electron chi connectivity index (χ3n) is 5.17. The molecule has 1 amide bonds. The van der Waals surface area contributed by atoms with E-state index in [1.807, 2.05) is 56.9 Å². The number of nitrogens with two attached hydrogens (primary N) is 1. The first kappa shape index (κ1) is 16.5. The van der Waals surface area contributed by atoms with E-state index in [4.69, 9.17) is 15.0 Å². The second-order valence-electron chi connectivity index (χ2n) is 7.51. The van der Waals surface area contributed by atoms with Gasteiger partial charge >= 0.3 is 7.12 Å². The lowest BCUT2D eigenvalue weighted by molar-refractivity contribution is 0.00578. The Morgan fingerprint density at radius 2 is 1.91 bits per heavy atom. The van der Waals surface area contributed by atoms with Crippen LogP contribution in [0.1, 0.15) is 44.5 Å². The Labute approximate surface area is 138 Å². The van der Waals surface area contributed by atoms with E-state index in [0.717, 1.165) is 18.4 Å². The van der Waals surface area contributed by atoms with E-state index >= 15 is 0 Å². The molecule has 23 heavy (non-hydrogen) atoms. The minimum absolute atomic E-state index is 0.0244. The molecule has 0 radical (unpaired) electrons. The number of benzene rings is 1. The van der Waals surface area contributed by atoms with Gasteiger partial charge in [0.2, 0.25) is 0 Å². The van der Waals surface area contributed by atoms with Crippen LogP contribution in [0.3, 0.4) is 0 Å². The van der Waals surface area contributed by atoms with Gasteiger partial charge in [0.1, 0.15) is 0 Å². The molecule has 2 saturated heterocycles. The van der Waals surface area contributed by atoms with Crippen molar-refractivity contribution >= 4 is 18.5 Å². The van der Waals surface area contributed by atoms with Crippen molar-refractivity contribution < 1.29 is 14.1 Å². The maximum absolute atomic E-state index is 12.6. The molecule has 2 heterocycles. The predicted molar refractivity (Wildman–Crippen MR) is 90.7 cm³/mol. The number of carbonyl (C=O) groups is 1. The van der Waals surface area contributed by atoms with Gasteiger partial charge in [-0.25, -0.2) is 0 Å². The van der Waals surface area contributed by atoms with Gasteiger partial charge in [0.25, 0.3) is 5.91 Å². The van der Waals surface area contributed by atoms with Crippen LogP contribution in [0.25, 0.3) is 0 Å². The molecular weight excluding hydrogens is 291 g/mol. The van der Waals surface area contributed by atoms with Crippen molar-refractivity contribution in [2.24, 2.45) is 5.73 Å². The average Bonchev–Trinajstić information content (AvgIpc) is 3.00. The van der Waals surface area contributed by atoms with Crippen LogP contribution in [-0.4, -0.2) is 48.3 Å². The van der Waals surface area contributed by atoms with Gasteiger partial charge in [-0.1, -0.05) is 12.1 Å². The zero-order chi connectivity index (χ0) is 16.8.